The fraction of sp³-hybridized carbons (Fsp3) is 0.200. The van der Waals surface area contributed by atoms with Crippen molar-refractivity contribution in [1.82, 2.24) is 9.29 Å². The Morgan fingerprint density at radius 2 is 1.96 bits per heavy atom. The number of hydrogen-bond donors (Lipinski definition) is 0. The average Bonchev–Trinajstić information content (AvgIpc) is 2.53. The van der Waals surface area contributed by atoms with Crippen LogP contribution in [0.4, 0.5) is 8.78 Å². The molecular weight excluding hydrogens is 340 g/mol. The van der Waals surface area contributed by atoms with E-state index in [-0.39, 0.29) is 23.9 Å². The second-order valence-electron chi connectivity index (χ2n) is 5.13. The topological polar surface area (TPSA) is 83.3 Å². The molecule has 0 aliphatic carbocycles. The maximum Gasteiger partial charge on any atom is 0.243 e. The van der Waals surface area contributed by atoms with Crippen LogP contribution < -0.4 is 4.74 Å². The summed E-state index contributed by atoms with van der Waals surface area (Å²) in [4.78, 5) is 3.63. The summed E-state index contributed by atoms with van der Waals surface area (Å²) < 4.78 is 57.3. The lowest BCUT2D eigenvalue weighted by Crippen LogP contribution is -2.56. The number of nitrogens with zero attached hydrogens (tertiary/aromatic N) is 3. The van der Waals surface area contributed by atoms with Crippen LogP contribution in [-0.2, 0) is 10.0 Å². The van der Waals surface area contributed by atoms with Crippen LogP contribution in [0.1, 0.15) is 5.56 Å². The van der Waals surface area contributed by atoms with Gasteiger partial charge in [-0.2, -0.15) is 9.57 Å². The minimum atomic E-state index is -3.91. The Balaban J connectivity index is 1.67. The minimum absolute atomic E-state index is 0.0553. The lowest BCUT2D eigenvalue weighted by molar-refractivity contribution is 0.0720. The average molecular weight is 351 g/mol. The summed E-state index contributed by atoms with van der Waals surface area (Å²) in [6.07, 6.45) is 0.994. The molecule has 0 spiro atoms. The van der Waals surface area contributed by atoms with Gasteiger partial charge in [0.05, 0.1) is 29.6 Å². The first-order valence-electron chi connectivity index (χ1n) is 6.88. The first-order chi connectivity index (χ1) is 11.4. The van der Waals surface area contributed by atoms with Gasteiger partial charge in [-0.15, -0.1) is 0 Å². The first kappa shape index (κ1) is 16.3. The van der Waals surface area contributed by atoms with E-state index in [0.29, 0.717) is 11.6 Å². The van der Waals surface area contributed by atoms with Gasteiger partial charge in [0.2, 0.25) is 15.9 Å². The molecule has 1 aromatic heterocycles. The van der Waals surface area contributed by atoms with Crippen LogP contribution in [0, 0.1) is 23.0 Å². The SMILES string of the molecule is N#Cc1ccnc(OC2CN(S(=O)(=O)c3ccc(F)c(F)c3)C2)c1. The molecule has 2 aromatic rings. The number of benzene rings is 1. The lowest BCUT2D eigenvalue weighted by atomic mass is 10.2. The Morgan fingerprint density at radius 1 is 1.21 bits per heavy atom. The van der Waals surface area contributed by atoms with Crippen molar-refractivity contribution in [2.45, 2.75) is 11.0 Å². The number of nitriles is 1. The number of halogens is 2. The maximum absolute atomic E-state index is 13.2. The van der Waals surface area contributed by atoms with Crippen molar-refractivity contribution < 1.29 is 21.9 Å². The molecule has 0 N–H and O–H groups in total. The van der Waals surface area contributed by atoms with Crippen molar-refractivity contribution >= 4 is 10.0 Å². The molecule has 1 aliphatic rings. The molecule has 0 amide bonds. The number of hydrogen-bond acceptors (Lipinski definition) is 5. The van der Waals surface area contributed by atoms with Gasteiger partial charge in [0.25, 0.3) is 0 Å². The van der Waals surface area contributed by atoms with Crippen molar-refractivity contribution in [2.24, 2.45) is 0 Å². The van der Waals surface area contributed by atoms with Crippen molar-refractivity contribution in [3.63, 3.8) is 0 Å². The molecule has 0 atom stereocenters. The van der Waals surface area contributed by atoms with Crippen LogP contribution in [0.3, 0.4) is 0 Å². The number of ether oxygens (including phenoxy) is 1. The number of sulfonamides is 1. The molecule has 6 nitrogen and oxygen atoms in total. The van der Waals surface area contributed by atoms with Gasteiger partial charge in [-0.3, -0.25) is 0 Å². The molecule has 0 bridgehead atoms. The van der Waals surface area contributed by atoms with Crippen molar-refractivity contribution in [3.8, 4) is 11.9 Å². The third-order valence-corrected chi connectivity index (χ3v) is 5.32. The summed E-state index contributed by atoms with van der Waals surface area (Å²) in [6, 6.07) is 7.36. The van der Waals surface area contributed by atoms with Gasteiger partial charge in [0.1, 0.15) is 6.10 Å². The molecule has 0 saturated carbocycles. The van der Waals surface area contributed by atoms with E-state index in [1.54, 1.807) is 0 Å². The van der Waals surface area contributed by atoms with E-state index in [1.807, 2.05) is 6.07 Å². The Hall–Kier alpha value is -2.57. The normalized spacial score (nSPS) is 15.5. The molecule has 124 valence electrons. The zero-order valence-corrected chi connectivity index (χ0v) is 13.0. The van der Waals surface area contributed by atoms with Crippen LogP contribution in [0.5, 0.6) is 5.88 Å². The van der Waals surface area contributed by atoms with Crippen LogP contribution in [0.25, 0.3) is 0 Å². The van der Waals surface area contributed by atoms with Crippen LogP contribution >= 0.6 is 0 Å². The Morgan fingerprint density at radius 3 is 2.62 bits per heavy atom. The zero-order valence-electron chi connectivity index (χ0n) is 12.2. The van der Waals surface area contributed by atoms with Gasteiger partial charge in [-0.1, -0.05) is 0 Å². The highest BCUT2D eigenvalue weighted by Gasteiger charge is 2.38. The van der Waals surface area contributed by atoms with Crippen LogP contribution in [0.15, 0.2) is 41.4 Å². The molecule has 24 heavy (non-hydrogen) atoms. The molecule has 1 saturated heterocycles. The summed E-state index contributed by atoms with van der Waals surface area (Å²) >= 11 is 0. The predicted molar refractivity (Wildman–Crippen MR) is 78.5 cm³/mol. The molecule has 9 heteroatoms. The lowest BCUT2D eigenvalue weighted by Gasteiger charge is -2.37. The molecule has 2 heterocycles. The number of aromatic nitrogens is 1. The number of pyridine rings is 1. The van der Waals surface area contributed by atoms with E-state index in [2.05, 4.69) is 4.98 Å². The van der Waals surface area contributed by atoms with Gasteiger partial charge in [-0.05, 0) is 24.3 Å². The summed E-state index contributed by atoms with van der Waals surface area (Å²) in [7, 11) is -3.91. The highest BCUT2D eigenvalue weighted by Crippen LogP contribution is 2.25. The highest BCUT2D eigenvalue weighted by atomic mass is 32.2. The standard InChI is InChI=1S/C15H11F2N3O3S/c16-13-2-1-12(6-14(13)17)24(21,22)20-8-11(9-20)23-15-5-10(7-18)3-4-19-15/h1-6,11H,8-9H2. The maximum atomic E-state index is 13.2. The second kappa shape index (κ2) is 6.14. The van der Waals surface area contributed by atoms with Gasteiger partial charge in [0.15, 0.2) is 11.6 Å². The fourth-order valence-corrected chi connectivity index (χ4v) is 3.69. The first-order valence-corrected chi connectivity index (χ1v) is 8.32. The summed E-state index contributed by atoms with van der Waals surface area (Å²) in [5.74, 6) is -2.10. The predicted octanol–water partition coefficient (Wildman–Crippen LogP) is 1.68. The molecule has 0 radical (unpaired) electrons. The number of rotatable bonds is 4. The molecule has 1 aromatic carbocycles. The summed E-state index contributed by atoms with van der Waals surface area (Å²) in [5, 5.41) is 8.81. The smallest absolute Gasteiger partial charge is 0.243 e. The van der Waals surface area contributed by atoms with Gasteiger partial charge < -0.3 is 4.74 Å². The molecule has 1 fully saturated rings. The van der Waals surface area contributed by atoms with Gasteiger partial charge in [0, 0.05) is 12.3 Å². The molecule has 0 unspecified atom stereocenters. The minimum Gasteiger partial charge on any atom is -0.471 e. The van der Waals surface area contributed by atoms with Crippen LogP contribution in [0.2, 0.25) is 0 Å². The Bertz CT molecular complexity index is 922. The third-order valence-electron chi connectivity index (χ3n) is 3.49. The second-order valence-corrected chi connectivity index (χ2v) is 7.07. The molecule has 3 rings (SSSR count). The van der Waals surface area contributed by atoms with E-state index in [4.69, 9.17) is 10.00 Å². The summed E-state index contributed by atoms with van der Waals surface area (Å²) in [5.41, 5.74) is 0.380. The quantitative estimate of drug-likeness (QED) is 0.837. The van der Waals surface area contributed by atoms with E-state index in [0.717, 1.165) is 16.4 Å². The van der Waals surface area contributed by atoms with E-state index >= 15 is 0 Å². The van der Waals surface area contributed by atoms with Crippen molar-refractivity contribution in [3.05, 3.63) is 53.7 Å². The summed E-state index contributed by atoms with van der Waals surface area (Å²) in [6.45, 7) is 0.111. The largest absolute Gasteiger partial charge is 0.471 e. The van der Waals surface area contributed by atoms with E-state index in [1.165, 1.54) is 18.3 Å². The highest BCUT2D eigenvalue weighted by molar-refractivity contribution is 7.89. The van der Waals surface area contributed by atoms with Gasteiger partial charge in [-0.25, -0.2) is 22.2 Å². The fourth-order valence-electron chi connectivity index (χ4n) is 2.17. The van der Waals surface area contributed by atoms with E-state index < -0.39 is 27.8 Å². The van der Waals surface area contributed by atoms with E-state index in [9.17, 15) is 17.2 Å². The Labute approximate surface area is 137 Å². The van der Waals surface area contributed by atoms with Crippen LogP contribution in [-0.4, -0.2) is 36.9 Å². The third kappa shape index (κ3) is 3.06. The van der Waals surface area contributed by atoms with Crippen molar-refractivity contribution in [2.75, 3.05) is 13.1 Å². The Kier molecular flexibility index (Phi) is 4.17. The van der Waals surface area contributed by atoms with Crippen molar-refractivity contribution in [1.29, 1.82) is 5.26 Å². The zero-order chi connectivity index (χ0) is 17.3. The molecular formula is C15H11F2N3O3S. The molecule has 1 aliphatic heterocycles. The monoisotopic (exact) mass is 351 g/mol. The van der Waals surface area contributed by atoms with Gasteiger partial charge >= 0.3 is 0 Å².